The Kier molecular flexibility index (Phi) is 4.80. The van der Waals surface area contributed by atoms with Crippen molar-refractivity contribution in [2.75, 3.05) is 0 Å². The van der Waals surface area contributed by atoms with Crippen LogP contribution in [0, 0.1) is 6.92 Å². The maximum Gasteiger partial charge on any atom is 0.330 e. The average molecular weight is 375 g/mol. The number of hydrogen-bond acceptors (Lipinski definition) is 2. The second-order valence-electron chi connectivity index (χ2n) is 7.91. The first-order valence-corrected chi connectivity index (χ1v) is 9.92. The molecule has 0 heterocycles. The van der Waals surface area contributed by atoms with E-state index in [9.17, 15) is 14.7 Å². The van der Waals surface area contributed by atoms with Gasteiger partial charge in [-0.15, -0.1) is 0 Å². The molecule has 0 aromatic heterocycles. The molecular formula is C24H25NO3. The third-order valence-corrected chi connectivity index (χ3v) is 5.93. The van der Waals surface area contributed by atoms with Gasteiger partial charge in [0.25, 0.3) is 5.91 Å². The van der Waals surface area contributed by atoms with E-state index in [1.807, 2.05) is 49.4 Å². The molecule has 0 saturated heterocycles. The summed E-state index contributed by atoms with van der Waals surface area (Å²) in [4.78, 5) is 27.9. The second kappa shape index (κ2) is 7.27. The largest absolute Gasteiger partial charge is 0.479 e. The van der Waals surface area contributed by atoms with Crippen LogP contribution in [0.5, 0.6) is 0 Å². The quantitative estimate of drug-likeness (QED) is 0.855. The van der Waals surface area contributed by atoms with Crippen LogP contribution in [0.3, 0.4) is 0 Å². The maximum atomic E-state index is 13.7. The van der Waals surface area contributed by atoms with Crippen molar-refractivity contribution in [3.63, 3.8) is 0 Å². The molecule has 1 N–H and O–H groups in total. The molecule has 4 heteroatoms. The number of fused-ring (bicyclic) bond motifs is 1. The zero-order valence-electron chi connectivity index (χ0n) is 16.1. The van der Waals surface area contributed by atoms with Crippen LogP contribution in [-0.2, 0) is 17.6 Å². The van der Waals surface area contributed by atoms with Crippen molar-refractivity contribution in [2.45, 2.75) is 51.0 Å². The van der Waals surface area contributed by atoms with Gasteiger partial charge in [-0.2, -0.15) is 0 Å². The molecule has 2 aromatic rings. The summed E-state index contributed by atoms with van der Waals surface area (Å²) in [6, 6.07) is 15.2. The predicted molar refractivity (Wildman–Crippen MR) is 108 cm³/mol. The number of carboxylic acids is 1. The van der Waals surface area contributed by atoms with Crippen LogP contribution in [0.15, 0.2) is 60.3 Å². The SMILES string of the molecule is Cc1cccc(C(=O)N(C2=CCCCC2)C2(C(=O)O)Cc3ccccc3C2)c1. The van der Waals surface area contributed by atoms with Crippen molar-refractivity contribution < 1.29 is 14.7 Å². The molecule has 0 bridgehead atoms. The fourth-order valence-corrected chi connectivity index (χ4v) is 4.53. The van der Waals surface area contributed by atoms with E-state index < -0.39 is 11.5 Å². The number of hydrogen-bond donors (Lipinski definition) is 1. The van der Waals surface area contributed by atoms with Gasteiger partial charge in [0.2, 0.25) is 0 Å². The van der Waals surface area contributed by atoms with E-state index in [0.717, 1.165) is 48.1 Å². The number of carboxylic acid groups (broad SMARTS) is 1. The van der Waals surface area contributed by atoms with Gasteiger partial charge in [-0.1, -0.05) is 48.0 Å². The minimum absolute atomic E-state index is 0.216. The Balaban J connectivity index is 1.83. The van der Waals surface area contributed by atoms with Gasteiger partial charge in [0.05, 0.1) is 0 Å². The topological polar surface area (TPSA) is 57.6 Å². The highest BCUT2D eigenvalue weighted by Crippen LogP contribution is 2.40. The Hall–Kier alpha value is -2.88. The van der Waals surface area contributed by atoms with E-state index in [-0.39, 0.29) is 5.91 Å². The number of aryl methyl sites for hydroxylation is 1. The van der Waals surface area contributed by atoms with Gasteiger partial charge in [-0.3, -0.25) is 9.69 Å². The molecule has 0 spiro atoms. The summed E-state index contributed by atoms with van der Waals surface area (Å²) in [5.74, 6) is -1.15. The lowest BCUT2D eigenvalue weighted by Gasteiger charge is -2.40. The van der Waals surface area contributed by atoms with Crippen LogP contribution >= 0.6 is 0 Å². The predicted octanol–water partition coefficient (Wildman–Crippen LogP) is 4.52. The molecule has 144 valence electrons. The van der Waals surface area contributed by atoms with E-state index in [4.69, 9.17) is 0 Å². The van der Waals surface area contributed by atoms with Gasteiger partial charge in [0, 0.05) is 24.1 Å². The van der Waals surface area contributed by atoms with Gasteiger partial charge in [-0.05, 0) is 55.9 Å². The zero-order valence-corrected chi connectivity index (χ0v) is 16.1. The van der Waals surface area contributed by atoms with Crippen molar-refractivity contribution in [1.29, 1.82) is 0 Å². The van der Waals surface area contributed by atoms with E-state index in [1.54, 1.807) is 11.0 Å². The standard InChI is InChI=1S/C24H25NO3/c1-17-8-7-11-18(14-17)22(26)25(21-12-3-2-4-13-21)24(23(27)28)15-19-9-5-6-10-20(19)16-24/h5-12,14H,2-4,13,15-16H2,1H3,(H,27,28). The molecule has 0 atom stereocenters. The Bertz CT molecular complexity index is 935. The molecule has 0 saturated carbocycles. The summed E-state index contributed by atoms with van der Waals surface area (Å²) >= 11 is 0. The molecule has 28 heavy (non-hydrogen) atoms. The van der Waals surface area contributed by atoms with Crippen LogP contribution in [-0.4, -0.2) is 27.4 Å². The molecule has 0 aliphatic heterocycles. The van der Waals surface area contributed by atoms with Crippen molar-refractivity contribution in [3.8, 4) is 0 Å². The van der Waals surface area contributed by atoms with Crippen LogP contribution in [0.2, 0.25) is 0 Å². The van der Waals surface area contributed by atoms with Crippen LogP contribution in [0.25, 0.3) is 0 Å². The molecule has 1 amide bonds. The van der Waals surface area contributed by atoms with Crippen LogP contribution in [0.1, 0.15) is 52.7 Å². The molecular weight excluding hydrogens is 350 g/mol. The van der Waals surface area contributed by atoms with Gasteiger partial charge < -0.3 is 5.11 Å². The first-order valence-electron chi connectivity index (χ1n) is 9.92. The number of carbonyl (C=O) groups excluding carboxylic acids is 1. The normalized spacial score (nSPS) is 17.5. The Morgan fingerprint density at radius 2 is 1.71 bits per heavy atom. The Morgan fingerprint density at radius 1 is 1.00 bits per heavy atom. The lowest BCUT2D eigenvalue weighted by Crippen LogP contribution is -2.57. The van der Waals surface area contributed by atoms with Crippen molar-refractivity contribution >= 4 is 11.9 Å². The van der Waals surface area contributed by atoms with Gasteiger partial charge in [-0.25, -0.2) is 4.79 Å². The Labute approximate surface area is 165 Å². The third-order valence-electron chi connectivity index (χ3n) is 5.93. The molecule has 4 rings (SSSR count). The first-order chi connectivity index (χ1) is 13.5. The van der Waals surface area contributed by atoms with Crippen LogP contribution < -0.4 is 0 Å². The van der Waals surface area contributed by atoms with Gasteiger partial charge in [0.1, 0.15) is 0 Å². The minimum atomic E-state index is -1.27. The molecule has 0 unspecified atom stereocenters. The van der Waals surface area contributed by atoms with E-state index in [0.29, 0.717) is 18.4 Å². The van der Waals surface area contributed by atoms with Crippen molar-refractivity contribution in [2.24, 2.45) is 0 Å². The monoisotopic (exact) mass is 375 g/mol. The fourth-order valence-electron chi connectivity index (χ4n) is 4.53. The first kappa shape index (κ1) is 18.5. The summed E-state index contributed by atoms with van der Waals surface area (Å²) in [5, 5.41) is 10.4. The lowest BCUT2D eigenvalue weighted by molar-refractivity contribution is -0.148. The molecule has 4 nitrogen and oxygen atoms in total. The molecule has 0 fully saturated rings. The number of benzene rings is 2. The molecule has 0 radical (unpaired) electrons. The number of carbonyl (C=O) groups is 2. The number of amides is 1. The maximum absolute atomic E-state index is 13.7. The lowest BCUT2D eigenvalue weighted by atomic mass is 9.89. The smallest absolute Gasteiger partial charge is 0.330 e. The highest BCUT2D eigenvalue weighted by Gasteiger charge is 2.52. The number of aliphatic carboxylic acids is 1. The summed E-state index contributed by atoms with van der Waals surface area (Å²) in [6.07, 6.45) is 6.42. The number of allylic oxidation sites excluding steroid dienone is 2. The van der Waals surface area contributed by atoms with Crippen molar-refractivity contribution in [3.05, 3.63) is 82.6 Å². The molecule has 2 aromatic carbocycles. The Morgan fingerprint density at radius 3 is 2.29 bits per heavy atom. The van der Waals surface area contributed by atoms with Gasteiger partial charge >= 0.3 is 5.97 Å². The third kappa shape index (κ3) is 3.13. The summed E-state index contributed by atoms with van der Waals surface area (Å²) in [7, 11) is 0. The molecule has 2 aliphatic rings. The summed E-state index contributed by atoms with van der Waals surface area (Å²) in [6.45, 7) is 1.94. The number of rotatable bonds is 4. The van der Waals surface area contributed by atoms with E-state index >= 15 is 0 Å². The highest BCUT2D eigenvalue weighted by atomic mass is 16.4. The number of nitrogens with zero attached hydrogens (tertiary/aromatic N) is 1. The van der Waals surface area contributed by atoms with E-state index in [2.05, 4.69) is 6.08 Å². The highest BCUT2D eigenvalue weighted by molar-refractivity contribution is 6.00. The van der Waals surface area contributed by atoms with Gasteiger partial charge in [0.15, 0.2) is 5.54 Å². The average Bonchev–Trinajstić information content (AvgIpc) is 3.09. The second-order valence-corrected chi connectivity index (χ2v) is 7.91. The summed E-state index contributed by atoms with van der Waals surface area (Å²) < 4.78 is 0. The zero-order chi connectivity index (χ0) is 19.7. The minimum Gasteiger partial charge on any atom is -0.479 e. The van der Waals surface area contributed by atoms with E-state index in [1.165, 1.54) is 0 Å². The van der Waals surface area contributed by atoms with Crippen LogP contribution in [0.4, 0.5) is 0 Å². The summed E-state index contributed by atoms with van der Waals surface area (Å²) in [5.41, 5.74) is 3.15. The molecule has 2 aliphatic carbocycles. The van der Waals surface area contributed by atoms with Crippen molar-refractivity contribution in [1.82, 2.24) is 4.90 Å². The fraction of sp³-hybridized carbons (Fsp3) is 0.333.